The van der Waals surface area contributed by atoms with Gasteiger partial charge in [0.25, 0.3) is 0 Å². The molecule has 0 radical (unpaired) electrons. The Kier molecular flexibility index (Phi) is 4.26. The van der Waals surface area contributed by atoms with E-state index in [2.05, 4.69) is 72.6 Å². The van der Waals surface area contributed by atoms with Crippen LogP contribution in [0.3, 0.4) is 0 Å². The summed E-state index contributed by atoms with van der Waals surface area (Å²) in [4.78, 5) is 2.39. The van der Waals surface area contributed by atoms with E-state index in [1.807, 2.05) is 0 Å². The fourth-order valence-electron chi connectivity index (χ4n) is 2.76. The molecule has 0 spiro atoms. The van der Waals surface area contributed by atoms with Crippen molar-refractivity contribution in [2.24, 2.45) is 0 Å². The van der Waals surface area contributed by atoms with Crippen molar-refractivity contribution in [3.05, 3.63) is 59.7 Å². The monoisotopic (exact) mass is 280 g/mol. The molecule has 1 aliphatic rings. The summed E-state index contributed by atoms with van der Waals surface area (Å²) in [7, 11) is 0. The molecule has 1 N–H and O–H groups in total. The minimum atomic E-state index is 0.741. The number of hydrogen-bond acceptors (Lipinski definition) is 2. The standard InChI is InChI=1S/C19H24N2/c1-3-21(18-7-5-4-6-8-18)19-12-9-15(2)13-16(19)14-20-17-10-11-17/h4-9,12-13,17,20H,3,10-11,14H2,1-2H3. The maximum atomic E-state index is 3.64. The van der Waals surface area contributed by atoms with Gasteiger partial charge in [-0.2, -0.15) is 0 Å². The molecule has 0 atom stereocenters. The number of para-hydroxylation sites is 1. The van der Waals surface area contributed by atoms with Crippen molar-refractivity contribution in [1.82, 2.24) is 5.32 Å². The summed E-state index contributed by atoms with van der Waals surface area (Å²) in [5, 5.41) is 3.64. The molecule has 0 aromatic heterocycles. The summed E-state index contributed by atoms with van der Waals surface area (Å²) in [6.45, 7) is 6.32. The highest BCUT2D eigenvalue weighted by Gasteiger charge is 2.21. The third-order valence-corrected chi connectivity index (χ3v) is 4.07. The molecule has 2 heteroatoms. The number of hydrogen-bond donors (Lipinski definition) is 1. The summed E-state index contributed by atoms with van der Waals surface area (Å²) in [6.07, 6.45) is 2.66. The lowest BCUT2D eigenvalue weighted by Gasteiger charge is -2.26. The highest BCUT2D eigenvalue weighted by atomic mass is 15.1. The minimum Gasteiger partial charge on any atom is -0.342 e. The summed E-state index contributed by atoms with van der Waals surface area (Å²) in [6, 6.07) is 18.2. The average Bonchev–Trinajstić information content (AvgIpc) is 3.33. The summed E-state index contributed by atoms with van der Waals surface area (Å²) < 4.78 is 0. The van der Waals surface area contributed by atoms with Gasteiger partial charge in [-0.25, -0.2) is 0 Å². The van der Waals surface area contributed by atoms with E-state index in [0.717, 1.165) is 19.1 Å². The van der Waals surface area contributed by atoms with E-state index < -0.39 is 0 Å². The Morgan fingerprint density at radius 2 is 1.86 bits per heavy atom. The molecule has 0 aliphatic heterocycles. The topological polar surface area (TPSA) is 15.3 Å². The predicted molar refractivity (Wildman–Crippen MR) is 90.2 cm³/mol. The molecule has 3 rings (SSSR count). The molecule has 21 heavy (non-hydrogen) atoms. The highest BCUT2D eigenvalue weighted by Crippen LogP contribution is 2.30. The van der Waals surface area contributed by atoms with Gasteiger partial charge in [0.15, 0.2) is 0 Å². The van der Waals surface area contributed by atoms with Gasteiger partial charge in [-0.3, -0.25) is 0 Å². The molecule has 2 nitrogen and oxygen atoms in total. The van der Waals surface area contributed by atoms with Crippen LogP contribution in [0, 0.1) is 6.92 Å². The highest BCUT2D eigenvalue weighted by molar-refractivity contribution is 5.66. The van der Waals surface area contributed by atoms with Crippen LogP contribution < -0.4 is 10.2 Å². The lowest BCUT2D eigenvalue weighted by atomic mass is 10.1. The molecular formula is C19H24N2. The van der Waals surface area contributed by atoms with Crippen molar-refractivity contribution in [3.8, 4) is 0 Å². The Morgan fingerprint density at radius 1 is 1.10 bits per heavy atom. The van der Waals surface area contributed by atoms with Gasteiger partial charge in [0, 0.05) is 30.5 Å². The van der Waals surface area contributed by atoms with Crippen molar-refractivity contribution < 1.29 is 0 Å². The lowest BCUT2D eigenvalue weighted by molar-refractivity contribution is 0.686. The van der Waals surface area contributed by atoms with Crippen molar-refractivity contribution in [2.45, 2.75) is 39.3 Å². The van der Waals surface area contributed by atoms with Crippen LogP contribution >= 0.6 is 0 Å². The second kappa shape index (κ2) is 6.31. The van der Waals surface area contributed by atoms with Gasteiger partial charge in [-0.05, 0) is 50.5 Å². The Bertz CT molecular complexity index is 588. The Balaban J connectivity index is 1.90. The van der Waals surface area contributed by atoms with Crippen molar-refractivity contribution in [1.29, 1.82) is 0 Å². The fourth-order valence-corrected chi connectivity index (χ4v) is 2.76. The number of nitrogens with zero attached hydrogens (tertiary/aromatic N) is 1. The second-order valence-electron chi connectivity index (χ2n) is 5.87. The van der Waals surface area contributed by atoms with Gasteiger partial charge in [-0.15, -0.1) is 0 Å². The number of anilines is 2. The zero-order valence-electron chi connectivity index (χ0n) is 13.0. The van der Waals surface area contributed by atoms with E-state index in [1.54, 1.807) is 0 Å². The normalized spacial score (nSPS) is 14.2. The van der Waals surface area contributed by atoms with Crippen LogP contribution in [0.1, 0.15) is 30.9 Å². The second-order valence-corrected chi connectivity index (χ2v) is 5.87. The molecule has 2 aromatic carbocycles. The first-order valence-electron chi connectivity index (χ1n) is 7.93. The molecule has 110 valence electrons. The molecule has 2 aromatic rings. The maximum Gasteiger partial charge on any atom is 0.0456 e. The molecule has 0 saturated heterocycles. The average molecular weight is 280 g/mol. The zero-order valence-corrected chi connectivity index (χ0v) is 13.0. The zero-order chi connectivity index (χ0) is 14.7. The molecule has 1 aliphatic carbocycles. The molecule has 1 fully saturated rings. The maximum absolute atomic E-state index is 3.64. The minimum absolute atomic E-state index is 0.741. The van der Waals surface area contributed by atoms with E-state index in [0.29, 0.717) is 0 Å². The van der Waals surface area contributed by atoms with E-state index in [4.69, 9.17) is 0 Å². The molecule has 0 unspecified atom stereocenters. The molecular weight excluding hydrogens is 256 g/mol. The third-order valence-electron chi connectivity index (χ3n) is 4.07. The van der Waals surface area contributed by atoms with Crippen LogP contribution in [-0.2, 0) is 6.54 Å². The fraction of sp³-hybridized carbons (Fsp3) is 0.368. The van der Waals surface area contributed by atoms with E-state index >= 15 is 0 Å². The third kappa shape index (κ3) is 3.45. The first-order valence-corrected chi connectivity index (χ1v) is 7.93. The van der Waals surface area contributed by atoms with E-state index in [-0.39, 0.29) is 0 Å². The van der Waals surface area contributed by atoms with E-state index in [1.165, 1.54) is 35.3 Å². The van der Waals surface area contributed by atoms with Gasteiger partial charge < -0.3 is 10.2 Å². The van der Waals surface area contributed by atoms with Crippen molar-refractivity contribution in [3.63, 3.8) is 0 Å². The Labute approximate surface area is 127 Å². The largest absolute Gasteiger partial charge is 0.342 e. The molecule has 0 heterocycles. The smallest absolute Gasteiger partial charge is 0.0456 e. The number of nitrogens with one attached hydrogen (secondary N) is 1. The molecule has 0 amide bonds. The molecule has 0 bridgehead atoms. The van der Waals surface area contributed by atoms with Crippen LogP contribution in [-0.4, -0.2) is 12.6 Å². The van der Waals surface area contributed by atoms with Crippen LogP contribution in [0.5, 0.6) is 0 Å². The van der Waals surface area contributed by atoms with Crippen molar-refractivity contribution >= 4 is 11.4 Å². The van der Waals surface area contributed by atoms with Gasteiger partial charge in [-0.1, -0.05) is 35.9 Å². The van der Waals surface area contributed by atoms with Crippen LogP contribution in [0.25, 0.3) is 0 Å². The van der Waals surface area contributed by atoms with Gasteiger partial charge in [0.2, 0.25) is 0 Å². The first kappa shape index (κ1) is 14.2. The quantitative estimate of drug-likeness (QED) is 0.843. The number of rotatable bonds is 6. The first-order chi connectivity index (χ1) is 10.3. The van der Waals surface area contributed by atoms with Crippen LogP contribution in [0.4, 0.5) is 11.4 Å². The van der Waals surface area contributed by atoms with Crippen LogP contribution in [0.2, 0.25) is 0 Å². The van der Waals surface area contributed by atoms with Gasteiger partial charge >= 0.3 is 0 Å². The van der Waals surface area contributed by atoms with E-state index in [9.17, 15) is 0 Å². The molecule has 1 saturated carbocycles. The van der Waals surface area contributed by atoms with Gasteiger partial charge in [0.05, 0.1) is 0 Å². The SMILES string of the molecule is CCN(c1ccccc1)c1ccc(C)cc1CNC1CC1. The predicted octanol–water partition coefficient (Wildman–Crippen LogP) is 4.41. The number of aryl methyl sites for hydroxylation is 1. The summed E-state index contributed by atoms with van der Waals surface area (Å²) >= 11 is 0. The van der Waals surface area contributed by atoms with Gasteiger partial charge in [0.1, 0.15) is 0 Å². The van der Waals surface area contributed by atoms with Crippen LogP contribution in [0.15, 0.2) is 48.5 Å². The summed E-state index contributed by atoms with van der Waals surface area (Å²) in [5.41, 5.74) is 5.31. The number of benzene rings is 2. The lowest BCUT2D eigenvalue weighted by Crippen LogP contribution is -2.21. The van der Waals surface area contributed by atoms with Crippen molar-refractivity contribution in [2.75, 3.05) is 11.4 Å². The summed E-state index contributed by atoms with van der Waals surface area (Å²) in [5.74, 6) is 0. The Morgan fingerprint density at radius 3 is 2.52 bits per heavy atom. The Hall–Kier alpha value is -1.80.